The van der Waals surface area contributed by atoms with Gasteiger partial charge in [0.25, 0.3) is 0 Å². The van der Waals surface area contributed by atoms with Crippen LogP contribution in [0.5, 0.6) is 0 Å². The van der Waals surface area contributed by atoms with Gasteiger partial charge in [0.15, 0.2) is 14.1 Å². The van der Waals surface area contributed by atoms with Gasteiger partial charge in [-0.1, -0.05) is 38.4 Å². The number of nitrogens with zero attached hydrogens (tertiary/aromatic N) is 2. The number of hydrogen-bond acceptors (Lipinski definition) is 4. The fourth-order valence-electron chi connectivity index (χ4n) is 1.85. The van der Waals surface area contributed by atoms with Crippen molar-refractivity contribution >= 4 is 25.7 Å². The van der Waals surface area contributed by atoms with Crippen molar-refractivity contribution in [1.29, 1.82) is 0 Å². The van der Waals surface area contributed by atoms with Crippen molar-refractivity contribution in [2.75, 3.05) is 26.7 Å². The Morgan fingerprint density at radius 1 is 1.35 bits per heavy atom. The van der Waals surface area contributed by atoms with E-state index in [4.69, 9.17) is 16.0 Å². The van der Waals surface area contributed by atoms with Crippen LogP contribution in [0, 0.1) is 0 Å². The largest absolute Gasteiger partial charge is 0.416 e. The van der Waals surface area contributed by atoms with Gasteiger partial charge in [-0.3, -0.25) is 9.69 Å². The molecule has 1 rings (SSSR count). The van der Waals surface area contributed by atoms with Crippen LogP contribution in [0.1, 0.15) is 26.3 Å². The molecular formula is C17H29ClN2O2Si. The molecule has 0 bridgehead atoms. The molecule has 23 heavy (non-hydrogen) atoms. The number of Topliss-reactive ketones (excluding diaryl/α,β-unsaturated/α-hetero) is 1. The third kappa shape index (κ3) is 7.12. The van der Waals surface area contributed by atoms with Crippen LogP contribution in [0.3, 0.4) is 0 Å². The van der Waals surface area contributed by atoms with E-state index in [2.05, 4.69) is 38.8 Å². The van der Waals surface area contributed by atoms with Gasteiger partial charge in [0, 0.05) is 25.8 Å². The quantitative estimate of drug-likeness (QED) is 0.525. The number of carbonyl (C=O) groups excluding carboxylic acids is 1. The highest BCUT2D eigenvalue weighted by atomic mass is 35.5. The third-order valence-corrected chi connectivity index (χ3v) is 9.14. The monoisotopic (exact) mass is 356 g/mol. The molecule has 0 radical (unpaired) electrons. The number of aromatic nitrogens is 1. The molecule has 0 unspecified atom stereocenters. The van der Waals surface area contributed by atoms with Crippen molar-refractivity contribution in [3.63, 3.8) is 0 Å². The molecule has 1 aromatic rings. The SMILES string of the molecule is CN(CCO[Si](C)(C)C(C)(C)C)CC(=O)Cc1ccc(Cl)nc1. The van der Waals surface area contributed by atoms with E-state index in [-0.39, 0.29) is 10.8 Å². The molecule has 0 aromatic carbocycles. The lowest BCUT2D eigenvalue weighted by molar-refractivity contribution is -0.119. The molecule has 6 heteroatoms. The van der Waals surface area contributed by atoms with Crippen LogP contribution >= 0.6 is 11.6 Å². The molecule has 0 atom stereocenters. The molecule has 0 fully saturated rings. The molecule has 0 aliphatic carbocycles. The minimum atomic E-state index is -1.71. The summed E-state index contributed by atoms with van der Waals surface area (Å²) in [6.07, 6.45) is 2.04. The van der Waals surface area contributed by atoms with Gasteiger partial charge in [0.05, 0.1) is 6.54 Å². The van der Waals surface area contributed by atoms with Gasteiger partial charge in [-0.2, -0.15) is 0 Å². The van der Waals surface area contributed by atoms with Gasteiger partial charge in [-0.05, 0) is 36.8 Å². The lowest BCUT2D eigenvalue weighted by Gasteiger charge is -2.36. The second kappa shape index (κ2) is 8.38. The van der Waals surface area contributed by atoms with E-state index < -0.39 is 8.32 Å². The maximum absolute atomic E-state index is 12.1. The minimum Gasteiger partial charge on any atom is -0.416 e. The molecule has 0 spiro atoms. The van der Waals surface area contributed by atoms with Crippen LogP contribution in [0.25, 0.3) is 0 Å². The van der Waals surface area contributed by atoms with Crippen molar-refractivity contribution in [2.24, 2.45) is 0 Å². The summed E-state index contributed by atoms with van der Waals surface area (Å²) < 4.78 is 6.14. The summed E-state index contributed by atoms with van der Waals surface area (Å²) in [6, 6.07) is 3.55. The Labute approximate surface area is 146 Å². The van der Waals surface area contributed by atoms with Gasteiger partial charge < -0.3 is 4.43 Å². The average Bonchev–Trinajstić information content (AvgIpc) is 2.39. The second-order valence-electron chi connectivity index (χ2n) is 7.55. The summed E-state index contributed by atoms with van der Waals surface area (Å²) in [5.74, 6) is 0.170. The van der Waals surface area contributed by atoms with Crippen LogP contribution < -0.4 is 0 Å². The lowest BCUT2D eigenvalue weighted by atomic mass is 10.1. The van der Waals surface area contributed by atoms with Crippen molar-refractivity contribution in [3.05, 3.63) is 29.0 Å². The summed E-state index contributed by atoms with van der Waals surface area (Å²) in [6.45, 7) is 13.0. The number of hydrogen-bond donors (Lipinski definition) is 0. The van der Waals surface area contributed by atoms with Gasteiger partial charge in [-0.15, -0.1) is 0 Å². The highest BCUT2D eigenvalue weighted by molar-refractivity contribution is 6.74. The molecule has 4 nitrogen and oxygen atoms in total. The Bertz CT molecular complexity index is 512. The van der Waals surface area contributed by atoms with E-state index >= 15 is 0 Å². The van der Waals surface area contributed by atoms with Gasteiger partial charge >= 0.3 is 0 Å². The zero-order valence-electron chi connectivity index (χ0n) is 15.1. The normalized spacial score (nSPS) is 12.7. The Kier molecular flexibility index (Phi) is 7.39. The predicted molar refractivity (Wildman–Crippen MR) is 98.6 cm³/mol. The van der Waals surface area contributed by atoms with Crippen molar-refractivity contribution < 1.29 is 9.22 Å². The fraction of sp³-hybridized carbons (Fsp3) is 0.647. The number of carbonyl (C=O) groups is 1. The van der Waals surface area contributed by atoms with Crippen molar-refractivity contribution in [3.8, 4) is 0 Å². The highest BCUT2D eigenvalue weighted by Crippen LogP contribution is 2.36. The van der Waals surface area contributed by atoms with E-state index in [0.29, 0.717) is 24.7 Å². The van der Waals surface area contributed by atoms with Gasteiger partial charge in [0.2, 0.25) is 0 Å². The van der Waals surface area contributed by atoms with Crippen molar-refractivity contribution in [2.45, 2.75) is 45.3 Å². The first-order valence-electron chi connectivity index (χ1n) is 7.96. The summed E-state index contributed by atoms with van der Waals surface area (Å²) in [4.78, 5) is 18.1. The summed E-state index contributed by atoms with van der Waals surface area (Å²) in [5.41, 5.74) is 0.894. The molecule has 1 aromatic heterocycles. The average molecular weight is 357 g/mol. The van der Waals surface area contributed by atoms with Gasteiger partial charge in [-0.25, -0.2) is 4.98 Å². The molecule has 0 saturated carbocycles. The molecule has 0 aliphatic heterocycles. The number of ketones is 1. The minimum absolute atomic E-state index is 0.170. The second-order valence-corrected chi connectivity index (χ2v) is 12.7. The first-order valence-corrected chi connectivity index (χ1v) is 11.2. The van der Waals surface area contributed by atoms with Crippen LogP contribution in [-0.4, -0.2) is 50.7 Å². The van der Waals surface area contributed by atoms with E-state index in [1.54, 1.807) is 12.3 Å². The first-order chi connectivity index (χ1) is 10.5. The Hall–Kier alpha value is -0.753. The predicted octanol–water partition coefficient (Wildman–Crippen LogP) is 3.80. The van der Waals surface area contributed by atoms with E-state index in [9.17, 15) is 4.79 Å². The molecule has 1 heterocycles. The first kappa shape index (κ1) is 20.3. The number of pyridine rings is 1. The van der Waals surface area contributed by atoms with Crippen molar-refractivity contribution in [1.82, 2.24) is 9.88 Å². The zero-order chi connectivity index (χ0) is 17.7. The van der Waals surface area contributed by atoms with Gasteiger partial charge in [0.1, 0.15) is 5.15 Å². The Morgan fingerprint density at radius 3 is 2.52 bits per heavy atom. The number of likely N-dealkylation sites (N-methyl/N-ethyl adjacent to an activating group) is 1. The third-order valence-electron chi connectivity index (χ3n) is 4.38. The van der Waals surface area contributed by atoms with E-state index in [1.165, 1.54) is 0 Å². The summed E-state index contributed by atoms with van der Waals surface area (Å²) in [7, 11) is 0.241. The maximum Gasteiger partial charge on any atom is 0.192 e. The molecule has 0 N–H and O–H groups in total. The molecule has 0 amide bonds. The standard InChI is InChI=1S/C17H29ClN2O2Si/c1-17(2,3)23(5,6)22-10-9-20(4)13-15(21)11-14-7-8-16(18)19-12-14/h7-8,12H,9-11,13H2,1-6H3. The molecule has 130 valence electrons. The van der Waals surface area contributed by atoms with Crippen LogP contribution in [-0.2, 0) is 15.6 Å². The highest BCUT2D eigenvalue weighted by Gasteiger charge is 2.36. The molecule has 0 aliphatic rings. The summed E-state index contributed by atoms with van der Waals surface area (Å²) >= 11 is 5.74. The van der Waals surface area contributed by atoms with Crippen LogP contribution in [0.4, 0.5) is 0 Å². The number of rotatable bonds is 8. The fourth-order valence-corrected chi connectivity index (χ4v) is 2.99. The Balaban J connectivity index is 2.34. The summed E-state index contributed by atoms with van der Waals surface area (Å²) in [5, 5.41) is 0.657. The number of halogens is 1. The van der Waals surface area contributed by atoms with Crippen LogP contribution in [0.15, 0.2) is 18.3 Å². The van der Waals surface area contributed by atoms with Crippen LogP contribution in [0.2, 0.25) is 23.3 Å². The van der Waals surface area contributed by atoms with E-state index in [1.807, 2.05) is 18.0 Å². The molecule has 0 saturated heterocycles. The topological polar surface area (TPSA) is 42.4 Å². The zero-order valence-corrected chi connectivity index (χ0v) is 16.9. The maximum atomic E-state index is 12.1. The Morgan fingerprint density at radius 2 is 2.00 bits per heavy atom. The smallest absolute Gasteiger partial charge is 0.192 e. The van der Waals surface area contributed by atoms with E-state index in [0.717, 1.165) is 12.1 Å². The lowest BCUT2D eigenvalue weighted by Crippen LogP contribution is -2.42. The molecular weight excluding hydrogens is 328 g/mol.